The Hall–Kier alpha value is -3.24. The van der Waals surface area contributed by atoms with Crippen LogP contribution < -0.4 is 5.32 Å². The summed E-state index contributed by atoms with van der Waals surface area (Å²) in [5, 5.41) is 68.2. The van der Waals surface area contributed by atoms with Crippen LogP contribution in [0.2, 0.25) is 0 Å². The SMILES string of the molecule is O=[N+]([O-])c1ccc(NCc2cn(C3O[C@H](CO)[C@@H](O)[C@H](O)[C@H]3O)nn2)c2nonc12. The second kappa shape index (κ2) is 7.88. The highest BCUT2D eigenvalue weighted by Gasteiger charge is 2.44. The third-order valence-corrected chi connectivity index (χ3v) is 4.74. The highest BCUT2D eigenvalue weighted by molar-refractivity contribution is 5.93. The molecule has 0 radical (unpaired) electrons. The van der Waals surface area contributed by atoms with Gasteiger partial charge in [-0.3, -0.25) is 10.1 Å². The van der Waals surface area contributed by atoms with E-state index < -0.39 is 42.2 Å². The Bertz CT molecular complexity index is 1050. The summed E-state index contributed by atoms with van der Waals surface area (Å²) in [7, 11) is 0. The normalized spacial score (nSPS) is 26.7. The predicted octanol–water partition coefficient (Wildman–Crippen LogP) is -1.69. The molecule has 3 aromatic rings. The van der Waals surface area contributed by atoms with Crippen LogP contribution in [0.4, 0.5) is 11.4 Å². The fourth-order valence-corrected chi connectivity index (χ4v) is 3.15. The van der Waals surface area contributed by atoms with Crippen LogP contribution in [0.15, 0.2) is 23.0 Å². The Morgan fingerprint density at radius 3 is 2.67 bits per heavy atom. The number of aliphatic hydroxyl groups excluding tert-OH is 4. The van der Waals surface area contributed by atoms with Gasteiger partial charge in [-0.15, -0.1) is 5.10 Å². The summed E-state index contributed by atoms with van der Waals surface area (Å²) in [6, 6.07) is 2.71. The number of hydrogen-bond donors (Lipinski definition) is 5. The van der Waals surface area contributed by atoms with Gasteiger partial charge < -0.3 is 30.5 Å². The lowest BCUT2D eigenvalue weighted by molar-refractivity contribution is -0.383. The van der Waals surface area contributed by atoms with Gasteiger partial charge in [-0.25, -0.2) is 9.31 Å². The molecule has 1 aliphatic rings. The van der Waals surface area contributed by atoms with Crippen molar-refractivity contribution in [3.8, 4) is 0 Å². The monoisotopic (exact) mass is 423 g/mol. The van der Waals surface area contributed by atoms with Gasteiger partial charge >= 0.3 is 5.69 Å². The van der Waals surface area contributed by atoms with Crippen LogP contribution in [0.25, 0.3) is 11.0 Å². The second-order valence-electron chi connectivity index (χ2n) is 6.61. The molecule has 0 amide bonds. The number of aliphatic hydroxyl groups is 4. The third kappa shape index (κ3) is 3.44. The van der Waals surface area contributed by atoms with Crippen molar-refractivity contribution in [1.29, 1.82) is 0 Å². The van der Waals surface area contributed by atoms with Gasteiger partial charge in [0, 0.05) is 6.07 Å². The van der Waals surface area contributed by atoms with Crippen LogP contribution in [0.1, 0.15) is 11.9 Å². The van der Waals surface area contributed by atoms with Crippen molar-refractivity contribution in [2.75, 3.05) is 11.9 Å². The molecule has 2 aromatic heterocycles. The van der Waals surface area contributed by atoms with E-state index in [0.29, 0.717) is 11.4 Å². The molecule has 1 fully saturated rings. The first kappa shape index (κ1) is 20.0. The number of rotatable bonds is 6. The Morgan fingerprint density at radius 1 is 1.17 bits per heavy atom. The lowest BCUT2D eigenvalue weighted by Crippen LogP contribution is -2.56. The first-order valence-corrected chi connectivity index (χ1v) is 8.75. The molecule has 0 saturated carbocycles. The van der Waals surface area contributed by atoms with E-state index in [0.717, 1.165) is 4.68 Å². The number of benzene rings is 1. The molecule has 30 heavy (non-hydrogen) atoms. The molecular formula is C15H17N7O8. The Labute approximate surface area is 166 Å². The zero-order valence-corrected chi connectivity index (χ0v) is 15.1. The van der Waals surface area contributed by atoms with Crippen LogP contribution >= 0.6 is 0 Å². The number of aromatic nitrogens is 5. The zero-order chi connectivity index (χ0) is 21.4. The number of nitrogens with one attached hydrogen (secondary N) is 1. The van der Waals surface area contributed by atoms with Crippen LogP contribution in [0.3, 0.4) is 0 Å². The average Bonchev–Trinajstić information content (AvgIpc) is 3.40. The molecule has 1 unspecified atom stereocenters. The summed E-state index contributed by atoms with van der Waals surface area (Å²) in [4.78, 5) is 10.4. The van der Waals surface area contributed by atoms with Crippen molar-refractivity contribution in [2.45, 2.75) is 37.2 Å². The average molecular weight is 423 g/mol. The highest BCUT2D eigenvalue weighted by atomic mass is 16.6. The molecule has 0 spiro atoms. The number of nitro groups is 1. The van der Waals surface area contributed by atoms with Gasteiger partial charge in [0.25, 0.3) is 0 Å². The number of nitrogens with zero attached hydrogens (tertiary/aromatic N) is 6. The minimum atomic E-state index is -1.54. The fraction of sp³-hybridized carbons (Fsp3) is 0.467. The molecule has 4 rings (SSSR count). The summed E-state index contributed by atoms with van der Waals surface area (Å²) < 4.78 is 11.2. The highest BCUT2D eigenvalue weighted by Crippen LogP contribution is 2.30. The van der Waals surface area contributed by atoms with E-state index in [2.05, 4.69) is 30.6 Å². The molecule has 5 N–H and O–H groups in total. The standard InChI is InChI=1S/C15H17N7O8/c23-5-9-12(24)13(25)14(26)15(29-9)21-4-6(17-20-21)3-16-7-1-2-8(22(27)28)11-10(7)18-30-19-11/h1-2,4,9,12-16,23-26H,3,5H2/t9-,12-,13+,14-,15?/m1/s1. The largest absolute Gasteiger partial charge is 0.394 e. The van der Waals surface area contributed by atoms with Crippen molar-refractivity contribution in [1.82, 2.24) is 25.3 Å². The molecule has 1 aromatic carbocycles. The summed E-state index contributed by atoms with van der Waals surface area (Å²) in [5.74, 6) is 0. The maximum absolute atomic E-state index is 11.0. The van der Waals surface area contributed by atoms with Crippen molar-refractivity contribution in [2.24, 2.45) is 0 Å². The quantitative estimate of drug-likeness (QED) is 0.221. The molecule has 1 saturated heterocycles. The van der Waals surface area contributed by atoms with E-state index in [-0.39, 0.29) is 23.3 Å². The number of hydrogen-bond acceptors (Lipinski definition) is 13. The molecule has 0 aliphatic carbocycles. The summed E-state index contributed by atoms with van der Waals surface area (Å²) in [5.41, 5.74) is 0.736. The lowest BCUT2D eigenvalue weighted by Gasteiger charge is -2.39. The molecule has 160 valence electrons. The van der Waals surface area contributed by atoms with E-state index in [1.165, 1.54) is 18.3 Å². The summed E-state index contributed by atoms with van der Waals surface area (Å²) in [6.45, 7) is -0.441. The van der Waals surface area contributed by atoms with Gasteiger partial charge in [0.1, 0.15) is 30.1 Å². The summed E-state index contributed by atoms with van der Waals surface area (Å²) in [6.07, 6.45) is -5.34. The first-order chi connectivity index (χ1) is 14.4. The number of non-ortho nitro benzene ring substituents is 1. The van der Waals surface area contributed by atoms with Gasteiger partial charge in [-0.05, 0) is 16.4 Å². The fourth-order valence-electron chi connectivity index (χ4n) is 3.15. The van der Waals surface area contributed by atoms with Crippen LogP contribution in [-0.4, -0.2) is 81.7 Å². The molecule has 15 heteroatoms. The van der Waals surface area contributed by atoms with Crippen molar-refractivity contribution in [3.63, 3.8) is 0 Å². The zero-order valence-electron chi connectivity index (χ0n) is 15.1. The Balaban J connectivity index is 1.49. The van der Waals surface area contributed by atoms with Crippen LogP contribution in [0, 0.1) is 10.1 Å². The molecule has 5 atom stereocenters. The minimum Gasteiger partial charge on any atom is -0.394 e. The Kier molecular flexibility index (Phi) is 5.27. The number of anilines is 1. The van der Waals surface area contributed by atoms with E-state index in [4.69, 9.17) is 4.74 Å². The van der Waals surface area contributed by atoms with E-state index in [1.54, 1.807) is 0 Å². The number of ether oxygens (including phenoxy) is 1. The lowest BCUT2D eigenvalue weighted by atomic mass is 9.98. The van der Waals surface area contributed by atoms with Crippen molar-refractivity contribution in [3.05, 3.63) is 34.1 Å². The third-order valence-electron chi connectivity index (χ3n) is 4.74. The van der Waals surface area contributed by atoms with Gasteiger partial charge in [0.2, 0.25) is 5.52 Å². The van der Waals surface area contributed by atoms with E-state index in [1.807, 2.05) is 0 Å². The molecular weight excluding hydrogens is 406 g/mol. The molecule has 0 bridgehead atoms. The van der Waals surface area contributed by atoms with E-state index >= 15 is 0 Å². The van der Waals surface area contributed by atoms with Crippen LogP contribution in [-0.2, 0) is 11.3 Å². The molecule has 3 heterocycles. The number of fused-ring (bicyclic) bond motifs is 1. The predicted molar refractivity (Wildman–Crippen MR) is 94.8 cm³/mol. The van der Waals surface area contributed by atoms with Gasteiger partial charge in [-0.2, -0.15) is 0 Å². The van der Waals surface area contributed by atoms with Crippen molar-refractivity contribution >= 4 is 22.4 Å². The topological polar surface area (TPSA) is 215 Å². The smallest absolute Gasteiger partial charge is 0.300 e. The second-order valence-corrected chi connectivity index (χ2v) is 6.61. The maximum atomic E-state index is 11.0. The van der Waals surface area contributed by atoms with Crippen LogP contribution in [0.5, 0.6) is 0 Å². The molecule has 1 aliphatic heterocycles. The van der Waals surface area contributed by atoms with Crippen molar-refractivity contribution < 1.29 is 34.7 Å². The number of nitro benzene ring substituents is 1. The first-order valence-electron chi connectivity index (χ1n) is 8.75. The maximum Gasteiger partial charge on any atom is 0.300 e. The minimum absolute atomic E-state index is 0.00465. The Morgan fingerprint density at radius 2 is 1.93 bits per heavy atom. The molecule has 15 nitrogen and oxygen atoms in total. The van der Waals surface area contributed by atoms with Gasteiger partial charge in [0.15, 0.2) is 11.7 Å². The van der Waals surface area contributed by atoms with Gasteiger partial charge in [0.05, 0.1) is 30.0 Å². The summed E-state index contributed by atoms with van der Waals surface area (Å²) >= 11 is 0. The van der Waals surface area contributed by atoms with E-state index in [9.17, 15) is 30.5 Å². The van der Waals surface area contributed by atoms with Gasteiger partial charge in [-0.1, -0.05) is 5.21 Å².